The molecular weight excluding hydrogens is 345 g/mol. The molecule has 5 nitrogen and oxygen atoms in total. The molecule has 0 aliphatic heterocycles. The van der Waals surface area contributed by atoms with Crippen molar-refractivity contribution < 1.29 is 23.1 Å². The molecule has 1 aromatic carbocycles. The number of hydrogen-bond acceptors (Lipinski definition) is 4. The van der Waals surface area contributed by atoms with E-state index < -0.39 is 24.3 Å². The molecule has 0 aliphatic carbocycles. The minimum absolute atomic E-state index is 0.0300. The van der Waals surface area contributed by atoms with E-state index in [0.717, 1.165) is 5.56 Å². The fourth-order valence-electron chi connectivity index (χ4n) is 1.53. The van der Waals surface area contributed by atoms with Crippen LogP contribution in [-0.2, 0) is 9.53 Å². The molecule has 21 heavy (non-hydrogen) atoms. The summed E-state index contributed by atoms with van der Waals surface area (Å²) in [4.78, 5) is 23.1. The van der Waals surface area contributed by atoms with Crippen LogP contribution in [0.3, 0.4) is 0 Å². The number of nitrogens with one attached hydrogen (secondary N) is 1. The molecule has 0 aliphatic rings. The van der Waals surface area contributed by atoms with Gasteiger partial charge in [0, 0.05) is 0 Å². The van der Waals surface area contributed by atoms with Crippen molar-refractivity contribution in [3.8, 4) is 0 Å². The third kappa shape index (κ3) is 4.16. The number of carbonyl (C=O) groups is 2. The number of rotatable bonds is 4. The summed E-state index contributed by atoms with van der Waals surface area (Å²) < 4.78 is 23.6. The first-order valence-corrected chi connectivity index (χ1v) is 6.73. The Hall–Kier alpha value is -2.15. The van der Waals surface area contributed by atoms with Gasteiger partial charge in [-0.1, -0.05) is 6.07 Å². The second-order valence-corrected chi connectivity index (χ2v) is 4.99. The zero-order valence-corrected chi connectivity index (χ0v) is 12.6. The number of hydrogen-bond donors (Lipinski definition) is 1. The van der Waals surface area contributed by atoms with Crippen molar-refractivity contribution in [3.63, 3.8) is 0 Å². The number of furan rings is 1. The summed E-state index contributed by atoms with van der Waals surface area (Å²) >= 11 is 3.04. The van der Waals surface area contributed by atoms with E-state index in [4.69, 9.17) is 9.15 Å². The molecule has 110 valence electrons. The van der Waals surface area contributed by atoms with Crippen LogP contribution in [0.2, 0.25) is 0 Å². The molecule has 0 unspecified atom stereocenters. The van der Waals surface area contributed by atoms with Crippen LogP contribution < -0.4 is 5.32 Å². The van der Waals surface area contributed by atoms with E-state index in [1.165, 1.54) is 24.3 Å². The van der Waals surface area contributed by atoms with E-state index in [2.05, 4.69) is 21.2 Å². The zero-order chi connectivity index (χ0) is 15.4. The first-order valence-electron chi connectivity index (χ1n) is 5.94. The molecular formula is C14H11BrFNO4. The molecule has 0 atom stereocenters. The number of anilines is 1. The van der Waals surface area contributed by atoms with Gasteiger partial charge in [-0.2, -0.15) is 0 Å². The summed E-state index contributed by atoms with van der Waals surface area (Å²) in [5.74, 6) is -2.00. The first kappa shape index (κ1) is 15.2. The van der Waals surface area contributed by atoms with Crippen LogP contribution in [0.4, 0.5) is 10.1 Å². The van der Waals surface area contributed by atoms with Crippen molar-refractivity contribution in [2.75, 3.05) is 11.9 Å². The van der Waals surface area contributed by atoms with Gasteiger partial charge in [-0.25, -0.2) is 9.18 Å². The van der Waals surface area contributed by atoms with Gasteiger partial charge < -0.3 is 14.5 Å². The molecule has 1 heterocycles. The van der Waals surface area contributed by atoms with Gasteiger partial charge in [0.05, 0.1) is 5.69 Å². The third-order valence-corrected chi connectivity index (χ3v) is 2.93. The molecule has 7 heteroatoms. The lowest BCUT2D eigenvalue weighted by molar-refractivity contribution is -0.119. The maximum absolute atomic E-state index is 13.5. The summed E-state index contributed by atoms with van der Waals surface area (Å²) in [7, 11) is 0. The van der Waals surface area contributed by atoms with Crippen LogP contribution in [-0.4, -0.2) is 18.5 Å². The number of benzene rings is 1. The van der Waals surface area contributed by atoms with Gasteiger partial charge in [-0.3, -0.25) is 4.79 Å². The lowest BCUT2D eigenvalue weighted by Gasteiger charge is -2.07. The summed E-state index contributed by atoms with van der Waals surface area (Å²) in [5, 5.41) is 2.32. The third-order valence-electron chi connectivity index (χ3n) is 2.51. The minimum Gasteiger partial charge on any atom is -0.450 e. The second-order valence-electron chi connectivity index (χ2n) is 4.21. The van der Waals surface area contributed by atoms with Gasteiger partial charge in [0.2, 0.25) is 5.76 Å². The summed E-state index contributed by atoms with van der Waals surface area (Å²) in [6.45, 7) is 1.20. The van der Waals surface area contributed by atoms with Gasteiger partial charge in [-0.15, -0.1) is 0 Å². The number of ether oxygens (including phenoxy) is 1. The Kier molecular flexibility index (Phi) is 4.74. The van der Waals surface area contributed by atoms with Crippen LogP contribution in [0.15, 0.2) is 39.4 Å². The van der Waals surface area contributed by atoms with E-state index in [1.54, 1.807) is 13.0 Å². The fraction of sp³-hybridized carbons (Fsp3) is 0.143. The Balaban J connectivity index is 1.89. The SMILES string of the molecule is Cc1ccc(NC(=O)COC(=O)c2ccc(Br)o2)c(F)c1. The van der Waals surface area contributed by atoms with Crippen molar-refractivity contribution >= 4 is 33.5 Å². The average molecular weight is 356 g/mol. The Labute approximate surface area is 128 Å². The Morgan fingerprint density at radius 1 is 1.33 bits per heavy atom. The van der Waals surface area contributed by atoms with Gasteiger partial charge in [0.15, 0.2) is 11.3 Å². The van der Waals surface area contributed by atoms with Gasteiger partial charge in [-0.05, 0) is 52.7 Å². The number of halogens is 2. The average Bonchev–Trinajstić information content (AvgIpc) is 2.86. The largest absolute Gasteiger partial charge is 0.450 e. The number of carbonyl (C=O) groups excluding carboxylic acids is 2. The zero-order valence-electron chi connectivity index (χ0n) is 11.0. The topological polar surface area (TPSA) is 68.5 Å². The Morgan fingerprint density at radius 3 is 2.71 bits per heavy atom. The van der Waals surface area contributed by atoms with Gasteiger partial charge >= 0.3 is 5.97 Å². The molecule has 0 bridgehead atoms. The van der Waals surface area contributed by atoms with Crippen LogP contribution in [0.5, 0.6) is 0 Å². The predicted octanol–water partition coefficient (Wildman–Crippen LogP) is 3.29. The monoisotopic (exact) mass is 355 g/mol. The maximum Gasteiger partial charge on any atom is 0.374 e. The molecule has 0 saturated heterocycles. The van der Waals surface area contributed by atoms with Crippen molar-refractivity contribution in [2.24, 2.45) is 0 Å². The maximum atomic E-state index is 13.5. The first-order chi connectivity index (χ1) is 9.95. The molecule has 1 amide bonds. The van der Waals surface area contributed by atoms with Crippen molar-refractivity contribution in [1.82, 2.24) is 0 Å². The quantitative estimate of drug-likeness (QED) is 0.854. The summed E-state index contributed by atoms with van der Waals surface area (Å²) in [5.41, 5.74) is 0.766. The summed E-state index contributed by atoms with van der Waals surface area (Å²) in [6, 6.07) is 7.32. The fourth-order valence-corrected chi connectivity index (χ4v) is 1.84. The minimum atomic E-state index is -0.778. The molecule has 2 rings (SSSR count). The van der Waals surface area contributed by atoms with Crippen LogP contribution in [0.25, 0.3) is 0 Å². The van der Waals surface area contributed by atoms with Crippen molar-refractivity contribution in [3.05, 3.63) is 52.1 Å². The highest BCUT2D eigenvalue weighted by Gasteiger charge is 2.14. The molecule has 1 aromatic heterocycles. The van der Waals surface area contributed by atoms with Crippen LogP contribution in [0.1, 0.15) is 16.1 Å². The highest BCUT2D eigenvalue weighted by molar-refractivity contribution is 9.10. The van der Waals surface area contributed by atoms with Gasteiger partial charge in [0.25, 0.3) is 5.91 Å². The normalized spacial score (nSPS) is 10.2. The van der Waals surface area contributed by atoms with E-state index in [1.807, 2.05) is 0 Å². The molecule has 0 spiro atoms. The van der Waals surface area contributed by atoms with E-state index in [0.29, 0.717) is 4.67 Å². The Bertz CT molecular complexity index is 683. The lowest BCUT2D eigenvalue weighted by Crippen LogP contribution is -2.21. The van der Waals surface area contributed by atoms with Crippen molar-refractivity contribution in [1.29, 1.82) is 0 Å². The van der Waals surface area contributed by atoms with Crippen LogP contribution >= 0.6 is 15.9 Å². The molecule has 0 fully saturated rings. The highest BCUT2D eigenvalue weighted by atomic mass is 79.9. The second kappa shape index (κ2) is 6.53. The number of aryl methyl sites for hydroxylation is 1. The number of amides is 1. The van der Waals surface area contributed by atoms with Crippen molar-refractivity contribution in [2.45, 2.75) is 6.92 Å². The molecule has 0 radical (unpaired) electrons. The lowest BCUT2D eigenvalue weighted by atomic mass is 10.2. The number of esters is 1. The highest BCUT2D eigenvalue weighted by Crippen LogP contribution is 2.16. The molecule has 0 saturated carbocycles. The Morgan fingerprint density at radius 2 is 2.10 bits per heavy atom. The standard InChI is InChI=1S/C14H11BrFNO4/c1-8-2-3-10(9(16)6-8)17-13(18)7-20-14(19)11-4-5-12(15)21-11/h2-6H,7H2,1H3,(H,17,18). The van der Waals surface area contributed by atoms with Crippen LogP contribution in [0, 0.1) is 12.7 Å². The smallest absolute Gasteiger partial charge is 0.374 e. The van der Waals surface area contributed by atoms with E-state index in [-0.39, 0.29) is 11.4 Å². The molecule has 1 N–H and O–H groups in total. The predicted molar refractivity (Wildman–Crippen MR) is 76.5 cm³/mol. The van der Waals surface area contributed by atoms with E-state index >= 15 is 0 Å². The van der Waals surface area contributed by atoms with E-state index in [9.17, 15) is 14.0 Å². The van der Waals surface area contributed by atoms with Gasteiger partial charge in [0.1, 0.15) is 5.82 Å². The molecule has 2 aromatic rings. The summed E-state index contributed by atoms with van der Waals surface area (Å²) in [6.07, 6.45) is 0.